The van der Waals surface area contributed by atoms with Crippen molar-refractivity contribution in [2.45, 2.75) is 25.9 Å². The minimum absolute atomic E-state index is 0.0168. The fraction of sp³-hybridized carbons (Fsp3) is 0.208. The van der Waals surface area contributed by atoms with E-state index in [0.29, 0.717) is 30.6 Å². The predicted molar refractivity (Wildman–Crippen MR) is 113 cm³/mol. The molecule has 1 atom stereocenters. The Hall–Kier alpha value is -3.74. The van der Waals surface area contributed by atoms with Gasteiger partial charge in [0, 0.05) is 31.0 Å². The number of imidazole rings is 1. The maximum absolute atomic E-state index is 13.5. The van der Waals surface area contributed by atoms with Crippen molar-refractivity contribution in [3.63, 3.8) is 0 Å². The molecule has 1 aliphatic rings. The van der Waals surface area contributed by atoms with Gasteiger partial charge in [-0.25, -0.2) is 9.37 Å². The Kier molecular flexibility index (Phi) is 5.66. The van der Waals surface area contributed by atoms with Crippen LogP contribution in [0, 0.1) is 12.7 Å². The number of aliphatic hydroxyl groups is 1. The molecule has 1 aromatic heterocycles. The molecule has 6 nitrogen and oxygen atoms in total. The molecule has 1 saturated heterocycles. The standard InChI is InChI=1S/C24H22FN3O3/c1-16-3-5-18(6-4-16)22(29)20-21(17-7-9-19(25)10-8-17)28(24(31)23(20)30)13-2-12-27-14-11-26-15-27/h3-11,14-15,21,29H,2,12-13H2,1H3/t21-/m1/s1. The number of hydrogen-bond acceptors (Lipinski definition) is 4. The zero-order valence-electron chi connectivity index (χ0n) is 17.0. The summed E-state index contributed by atoms with van der Waals surface area (Å²) in [5, 5.41) is 11.0. The van der Waals surface area contributed by atoms with E-state index < -0.39 is 23.5 Å². The third-order valence-electron chi connectivity index (χ3n) is 5.43. The molecule has 158 valence electrons. The van der Waals surface area contributed by atoms with Crippen LogP contribution in [0.15, 0.2) is 72.8 Å². The van der Waals surface area contributed by atoms with E-state index >= 15 is 0 Å². The van der Waals surface area contributed by atoms with E-state index in [9.17, 15) is 19.1 Å². The molecule has 1 amide bonds. The van der Waals surface area contributed by atoms with E-state index in [1.54, 1.807) is 24.7 Å². The van der Waals surface area contributed by atoms with Crippen molar-refractivity contribution in [1.29, 1.82) is 0 Å². The van der Waals surface area contributed by atoms with Gasteiger partial charge in [-0.15, -0.1) is 0 Å². The fourth-order valence-electron chi connectivity index (χ4n) is 3.81. The minimum Gasteiger partial charge on any atom is -0.507 e. The normalized spacial score (nSPS) is 18.0. The number of halogens is 1. The summed E-state index contributed by atoms with van der Waals surface area (Å²) in [4.78, 5) is 31.3. The molecule has 2 aromatic carbocycles. The van der Waals surface area contributed by atoms with Crippen molar-refractivity contribution in [3.05, 3.63) is 95.3 Å². The SMILES string of the molecule is Cc1ccc(C(O)=C2C(=O)C(=O)N(CCCn3ccnc3)[C@@H]2c2ccc(F)cc2)cc1. The van der Waals surface area contributed by atoms with Crippen LogP contribution < -0.4 is 0 Å². The van der Waals surface area contributed by atoms with Crippen molar-refractivity contribution in [2.75, 3.05) is 6.54 Å². The number of Topliss-reactive ketones (excluding diaryl/α,β-unsaturated/α-hetero) is 1. The molecule has 31 heavy (non-hydrogen) atoms. The van der Waals surface area contributed by atoms with Crippen LogP contribution in [-0.2, 0) is 16.1 Å². The Morgan fingerprint density at radius 2 is 1.77 bits per heavy atom. The summed E-state index contributed by atoms with van der Waals surface area (Å²) in [7, 11) is 0. The summed E-state index contributed by atoms with van der Waals surface area (Å²) in [6.45, 7) is 2.84. The lowest BCUT2D eigenvalue weighted by Gasteiger charge is -2.25. The van der Waals surface area contributed by atoms with Crippen LogP contribution in [0.1, 0.15) is 29.2 Å². The summed E-state index contributed by atoms with van der Waals surface area (Å²) in [6.07, 6.45) is 5.77. The van der Waals surface area contributed by atoms with Crippen LogP contribution in [0.25, 0.3) is 5.76 Å². The quantitative estimate of drug-likeness (QED) is 0.374. The van der Waals surface area contributed by atoms with Gasteiger partial charge < -0.3 is 14.6 Å². The van der Waals surface area contributed by atoms with Gasteiger partial charge in [0.2, 0.25) is 0 Å². The average Bonchev–Trinajstić information content (AvgIpc) is 3.37. The van der Waals surface area contributed by atoms with Crippen LogP contribution >= 0.6 is 0 Å². The number of aliphatic hydroxyl groups excluding tert-OH is 1. The average molecular weight is 419 g/mol. The molecule has 7 heteroatoms. The van der Waals surface area contributed by atoms with Crippen LogP contribution in [0.3, 0.4) is 0 Å². The summed E-state index contributed by atoms with van der Waals surface area (Å²) in [5.74, 6) is -2.06. The third-order valence-corrected chi connectivity index (χ3v) is 5.43. The summed E-state index contributed by atoms with van der Waals surface area (Å²) in [5.41, 5.74) is 2.04. The van der Waals surface area contributed by atoms with Crippen LogP contribution in [0.4, 0.5) is 4.39 Å². The number of carbonyl (C=O) groups is 2. The second-order valence-electron chi connectivity index (χ2n) is 7.56. The van der Waals surface area contributed by atoms with Crippen LogP contribution in [-0.4, -0.2) is 37.8 Å². The molecule has 1 N–H and O–H groups in total. The molecule has 1 fully saturated rings. The lowest BCUT2D eigenvalue weighted by Crippen LogP contribution is -2.31. The molecular weight excluding hydrogens is 397 g/mol. The smallest absolute Gasteiger partial charge is 0.295 e. The van der Waals surface area contributed by atoms with Crippen molar-refractivity contribution in [3.8, 4) is 0 Å². The first-order chi connectivity index (χ1) is 15.0. The monoisotopic (exact) mass is 419 g/mol. The Balaban J connectivity index is 1.72. The molecule has 0 saturated carbocycles. The van der Waals surface area contributed by atoms with Crippen molar-refractivity contribution >= 4 is 17.4 Å². The molecule has 0 spiro atoms. The number of aryl methyl sites for hydroxylation is 2. The maximum atomic E-state index is 13.5. The van der Waals surface area contributed by atoms with Gasteiger partial charge in [0.25, 0.3) is 11.7 Å². The number of rotatable bonds is 6. The number of hydrogen-bond donors (Lipinski definition) is 1. The Bertz CT molecular complexity index is 1120. The van der Waals surface area contributed by atoms with E-state index in [0.717, 1.165) is 5.56 Å². The maximum Gasteiger partial charge on any atom is 0.295 e. The zero-order valence-corrected chi connectivity index (χ0v) is 17.0. The number of amides is 1. The van der Waals surface area contributed by atoms with E-state index in [4.69, 9.17) is 0 Å². The van der Waals surface area contributed by atoms with Gasteiger partial charge >= 0.3 is 0 Å². The topological polar surface area (TPSA) is 75.4 Å². The highest BCUT2D eigenvalue weighted by molar-refractivity contribution is 6.46. The number of benzene rings is 2. The molecular formula is C24H22FN3O3. The van der Waals surface area contributed by atoms with E-state index in [-0.39, 0.29) is 11.3 Å². The molecule has 0 radical (unpaired) electrons. The number of nitrogens with zero attached hydrogens (tertiary/aromatic N) is 3. The molecule has 0 unspecified atom stereocenters. The number of likely N-dealkylation sites (tertiary alicyclic amines) is 1. The highest BCUT2D eigenvalue weighted by atomic mass is 19.1. The van der Waals surface area contributed by atoms with Crippen LogP contribution in [0.2, 0.25) is 0 Å². The highest BCUT2D eigenvalue weighted by Crippen LogP contribution is 2.39. The van der Waals surface area contributed by atoms with E-state index in [1.807, 2.05) is 29.8 Å². The number of ketones is 1. The molecule has 0 bridgehead atoms. The summed E-state index contributed by atoms with van der Waals surface area (Å²) >= 11 is 0. The van der Waals surface area contributed by atoms with Gasteiger partial charge in [0.05, 0.1) is 17.9 Å². The second kappa shape index (κ2) is 8.55. The van der Waals surface area contributed by atoms with Crippen molar-refractivity contribution in [1.82, 2.24) is 14.5 Å². The van der Waals surface area contributed by atoms with Gasteiger partial charge in [-0.2, -0.15) is 0 Å². The van der Waals surface area contributed by atoms with Crippen LogP contribution in [0.5, 0.6) is 0 Å². The van der Waals surface area contributed by atoms with Gasteiger partial charge in [-0.3, -0.25) is 9.59 Å². The predicted octanol–water partition coefficient (Wildman–Crippen LogP) is 3.84. The molecule has 1 aliphatic heterocycles. The second-order valence-corrected chi connectivity index (χ2v) is 7.56. The lowest BCUT2D eigenvalue weighted by molar-refractivity contribution is -0.139. The summed E-state index contributed by atoms with van der Waals surface area (Å²) < 4.78 is 15.4. The molecule has 0 aliphatic carbocycles. The third kappa shape index (κ3) is 4.12. The fourth-order valence-corrected chi connectivity index (χ4v) is 3.81. The van der Waals surface area contributed by atoms with Gasteiger partial charge in [-0.05, 0) is 31.0 Å². The van der Waals surface area contributed by atoms with Gasteiger partial charge in [-0.1, -0.05) is 42.0 Å². The number of carbonyl (C=O) groups excluding carboxylic acids is 2. The largest absolute Gasteiger partial charge is 0.507 e. The highest BCUT2D eigenvalue weighted by Gasteiger charge is 2.45. The minimum atomic E-state index is -0.787. The Morgan fingerprint density at radius 3 is 2.42 bits per heavy atom. The molecule has 3 aromatic rings. The first-order valence-corrected chi connectivity index (χ1v) is 10.0. The van der Waals surface area contributed by atoms with E-state index in [2.05, 4.69) is 4.98 Å². The first kappa shape index (κ1) is 20.5. The molecule has 4 rings (SSSR count). The van der Waals surface area contributed by atoms with Gasteiger partial charge in [0.1, 0.15) is 11.6 Å². The van der Waals surface area contributed by atoms with Gasteiger partial charge in [0.15, 0.2) is 0 Å². The van der Waals surface area contributed by atoms with Crippen molar-refractivity contribution < 1.29 is 19.1 Å². The number of aromatic nitrogens is 2. The van der Waals surface area contributed by atoms with E-state index in [1.165, 1.54) is 29.2 Å². The Morgan fingerprint density at radius 1 is 1.06 bits per heavy atom. The molecule has 2 heterocycles. The Labute approximate surface area is 179 Å². The summed E-state index contributed by atoms with van der Waals surface area (Å²) in [6, 6.07) is 11.9. The van der Waals surface area contributed by atoms with Crippen molar-refractivity contribution in [2.24, 2.45) is 0 Å². The first-order valence-electron chi connectivity index (χ1n) is 10.0. The zero-order chi connectivity index (χ0) is 22.0. The lowest BCUT2D eigenvalue weighted by atomic mass is 9.95.